The van der Waals surface area contributed by atoms with Gasteiger partial charge in [-0.3, -0.25) is 4.79 Å². The number of rotatable bonds is 3. The highest BCUT2D eigenvalue weighted by Gasteiger charge is 2.34. The van der Waals surface area contributed by atoms with Gasteiger partial charge in [0, 0.05) is 32.7 Å². The van der Waals surface area contributed by atoms with Crippen molar-refractivity contribution in [1.82, 2.24) is 13.9 Å². The smallest absolute Gasteiger partial charge is 0.281 e. The molecule has 19 heavy (non-hydrogen) atoms. The van der Waals surface area contributed by atoms with Gasteiger partial charge >= 0.3 is 0 Å². The van der Waals surface area contributed by atoms with Crippen molar-refractivity contribution < 1.29 is 13.2 Å². The van der Waals surface area contributed by atoms with Crippen molar-refractivity contribution in [3.05, 3.63) is 0 Å². The second-order valence-corrected chi connectivity index (χ2v) is 8.37. The molecular weight excluding hydrogens is 266 g/mol. The first-order valence-electron chi connectivity index (χ1n) is 6.53. The lowest BCUT2D eigenvalue weighted by Crippen LogP contribution is -2.51. The highest BCUT2D eigenvalue weighted by molar-refractivity contribution is 7.86. The predicted octanol–water partition coefficient (Wildman–Crippen LogP) is 0.420. The van der Waals surface area contributed by atoms with Crippen molar-refractivity contribution in [2.75, 3.05) is 27.2 Å². The molecule has 0 unspecified atom stereocenters. The monoisotopic (exact) mass is 291 g/mol. The lowest BCUT2D eigenvalue weighted by molar-refractivity contribution is -0.127. The lowest BCUT2D eigenvalue weighted by atomic mass is 9.97. The summed E-state index contributed by atoms with van der Waals surface area (Å²) in [6.07, 6.45) is 1.46. The maximum Gasteiger partial charge on any atom is 0.281 e. The molecule has 0 radical (unpaired) electrons. The van der Waals surface area contributed by atoms with Crippen LogP contribution in [0.25, 0.3) is 0 Å². The van der Waals surface area contributed by atoms with Crippen LogP contribution in [-0.2, 0) is 15.0 Å². The van der Waals surface area contributed by atoms with E-state index in [1.807, 2.05) is 20.8 Å². The Balaban J connectivity index is 2.73. The summed E-state index contributed by atoms with van der Waals surface area (Å²) in [4.78, 5) is 12.1. The van der Waals surface area contributed by atoms with E-state index in [0.717, 1.165) is 12.8 Å². The van der Waals surface area contributed by atoms with Crippen molar-refractivity contribution in [2.45, 2.75) is 39.2 Å². The third-order valence-electron chi connectivity index (χ3n) is 3.04. The number of piperidine rings is 1. The van der Waals surface area contributed by atoms with Crippen molar-refractivity contribution >= 4 is 16.1 Å². The molecule has 6 nitrogen and oxygen atoms in total. The average molecular weight is 291 g/mol. The lowest BCUT2D eigenvalue weighted by Gasteiger charge is -2.34. The van der Waals surface area contributed by atoms with Gasteiger partial charge in [-0.2, -0.15) is 17.0 Å². The second kappa shape index (κ2) is 5.76. The SMILES string of the molecule is CN(C)S(=O)(=O)N1CCC[C@H](C(=O)NC(C)(C)C)C1. The predicted molar refractivity (Wildman–Crippen MR) is 74.8 cm³/mol. The minimum atomic E-state index is -3.42. The third-order valence-corrected chi connectivity index (χ3v) is 4.95. The second-order valence-electron chi connectivity index (χ2n) is 6.23. The molecule has 0 aliphatic carbocycles. The molecule has 112 valence electrons. The summed E-state index contributed by atoms with van der Waals surface area (Å²) in [5.41, 5.74) is -0.292. The molecule has 1 amide bonds. The zero-order chi connectivity index (χ0) is 14.8. The fourth-order valence-corrected chi connectivity index (χ4v) is 3.26. The fourth-order valence-electron chi connectivity index (χ4n) is 2.07. The topological polar surface area (TPSA) is 69.7 Å². The number of hydrogen-bond donors (Lipinski definition) is 1. The van der Waals surface area contributed by atoms with Crippen molar-refractivity contribution in [3.8, 4) is 0 Å². The number of nitrogens with zero attached hydrogens (tertiary/aromatic N) is 2. The van der Waals surface area contributed by atoms with E-state index in [1.54, 1.807) is 0 Å². The molecule has 0 aromatic heterocycles. The van der Waals surface area contributed by atoms with Gasteiger partial charge in [-0.25, -0.2) is 0 Å². The summed E-state index contributed by atoms with van der Waals surface area (Å²) in [6.45, 7) is 6.51. The van der Waals surface area contributed by atoms with E-state index in [1.165, 1.54) is 22.7 Å². The Hall–Kier alpha value is -0.660. The molecule has 1 fully saturated rings. The molecule has 1 N–H and O–H groups in total. The number of carbonyl (C=O) groups excluding carboxylic acids is 1. The van der Waals surface area contributed by atoms with E-state index in [0.29, 0.717) is 6.54 Å². The van der Waals surface area contributed by atoms with Gasteiger partial charge in [-0.05, 0) is 33.6 Å². The Labute approximate surface area is 116 Å². The van der Waals surface area contributed by atoms with Crippen LogP contribution in [0.4, 0.5) is 0 Å². The van der Waals surface area contributed by atoms with E-state index in [-0.39, 0.29) is 23.9 Å². The summed E-state index contributed by atoms with van der Waals surface area (Å²) >= 11 is 0. The van der Waals surface area contributed by atoms with Gasteiger partial charge in [0.1, 0.15) is 0 Å². The van der Waals surface area contributed by atoms with Crippen LogP contribution in [-0.4, -0.2) is 55.7 Å². The van der Waals surface area contributed by atoms with Crippen LogP contribution in [0.15, 0.2) is 0 Å². The molecule has 1 saturated heterocycles. The Morgan fingerprint density at radius 1 is 1.32 bits per heavy atom. The molecule has 0 aromatic carbocycles. The molecule has 1 heterocycles. The van der Waals surface area contributed by atoms with E-state index in [4.69, 9.17) is 0 Å². The summed E-state index contributed by atoms with van der Waals surface area (Å²) in [5.74, 6) is -0.325. The maximum absolute atomic E-state index is 12.1. The number of carbonyl (C=O) groups is 1. The molecule has 0 aromatic rings. The first kappa shape index (κ1) is 16.4. The summed E-state index contributed by atoms with van der Waals surface area (Å²) in [5, 5.41) is 2.92. The zero-order valence-electron chi connectivity index (χ0n) is 12.4. The molecule has 0 bridgehead atoms. The molecule has 7 heteroatoms. The highest BCUT2D eigenvalue weighted by Crippen LogP contribution is 2.21. The van der Waals surface area contributed by atoms with E-state index < -0.39 is 10.2 Å². The number of amides is 1. The first-order chi connectivity index (χ1) is 8.54. The molecule has 0 spiro atoms. The van der Waals surface area contributed by atoms with Crippen LogP contribution in [0.2, 0.25) is 0 Å². The van der Waals surface area contributed by atoms with Crippen molar-refractivity contribution in [1.29, 1.82) is 0 Å². The Morgan fingerprint density at radius 2 is 1.89 bits per heavy atom. The quantitative estimate of drug-likeness (QED) is 0.819. The standard InChI is InChI=1S/C12H25N3O3S/c1-12(2,3)13-11(16)10-7-6-8-15(9-10)19(17,18)14(4)5/h10H,6-9H2,1-5H3,(H,13,16)/t10-/m0/s1. The Kier molecular flexibility index (Phi) is 4.97. The van der Waals surface area contributed by atoms with E-state index in [2.05, 4.69) is 5.32 Å². The van der Waals surface area contributed by atoms with Gasteiger partial charge in [-0.1, -0.05) is 0 Å². The fraction of sp³-hybridized carbons (Fsp3) is 0.917. The van der Waals surface area contributed by atoms with Crippen LogP contribution in [0.3, 0.4) is 0 Å². The highest BCUT2D eigenvalue weighted by atomic mass is 32.2. The summed E-state index contributed by atoms with van der Waals surface area (Å²) in [6, 6.07) is 0. The molecular formula is C12H25N3O3S. The van der Waals surface area contributed by atoms with Crippen molar-refractivity contribution in [3.63, 3.8) is 0 Å². The van der Waals surface area contributed by atoms with Gasteiger partial charge in [0.2, 0.25) is 5.91 Å². The number of hydrogen-bond acceptors (Lipinski definition) is 3. The summed E-state index contributed by atoms with van der Waals surface area (Å²) in [7, 11) is -0.407. The van der Waals surface area contributed by atoms with Gasteiger partial charge in [0.25, 0.3) is 10.2 Å². The van der Waals surface area contributed by atoms with Gasteiger partial charge in [0.05, 0.1) is 5.92 Å². The largest absolute Gasteiger partial charge is 0.351 e. The molecule has 1 aliphatic rings. The van der Waals surface area contributed by atoms with Crippen LogP contribution < -0.4 is 5.32 Å². The van der Waals surface area contributed by atoms with Gasteiger partial charge in [-0.15, -0.1) is 0 Å². The molecule has 1 aliphatic heterocycles. The van der Waals surface area contributed by atoms with E-state index in [9.17, 15) is 13.2 Å². The molecule has 0 saturated carbocycles. The van der Waals surface area contributed by atoms with Crippen molar-refractivity contribution in [2.24, 2.45) is 5.92 Å². The van der Waals surface area contributed by atoms with Crippen LogP contribution in [0.5, 0.6) is 0 Å². The Bertz CT molecular complexity index is 426. The van der Waals surface area contributed by atoms with Gasteiger partial charge < -0.3 is 5.32 Å². The van der Waals surface area contributed by atoms with Crippen LogP contribution >= 0.6 is 0 Å². The number of nitrogens with one attached hydrogen (secondary N) is 1. The van der Waals surface area contributed by atoms with Gasteiger partial charge in [0.15, 0.2) is 0 Å². The first-order valence-corrected chi connectivity index (χ1v) is 7.93. The average Bonchev–Trinajstić information content (AvgIpc) is 2.26. The van der Waals surface area contributed by atoms with E-state index >= 15 is 0 Å². The Morgan fingerprint density at radius 3 is 2.37 bits per heavy atom. The molecule has 1 rings (SSSR count). The van der Waals surface area contributed by atoms with Crippen LogP contribution in [0.1, 0.15) is 33.6 Å². The molecule has 1 atom stereocenters. The minimum Gasteiger partial charge on any atom is -0.351 e. The summed E-state index contributed by atoms with van der Waals surface area (Å²) < 4.78 is 26.7. The minimum absolute atomic E-state index is 0.0637. The normalized spacial score (nSPS) is 22.5. The maximum atomic E-state index is 12.1. The van der Waals surface area contributed by atoms with Crippen LogP contribution in [0, 0.1) is 5.92 Å². The zero-order valence-corrected chi connectivity index (χ0v) is 13.2. The third kappa shape index (κ3) is 4.43.